The van der Waals surface area contributed by atoms with Gasteiger partial charge in [-0.05, 0) is 24.5 Å². The molecule has 2 unspecified atom stereocenters. The van der Waals surface area contributed by atoms with Gasteiger partial charge < -0.3 is 9.47 Å². The van der Waals surface area contributed by atoms with Crippen LogP contribution in [0.4, 0.5) is 0 Å². The van der Waals surface area contributed by atoms with E-state index in [2.05, 4.69) is 6.07 Å². The molecule has 1 aliphatic rings. The quantitative estimate of drug-likeness (QED) is 0.802. The molecule has 2 atom stereocenters. The summed E-state index contributed by atoms with van der Waals surface area (Å²) in [5.74, 6) is 0.0919. The minimum absolute atomic E-state index is 0.0919. The summed E-state index contributed by atoms with van der Waals surface area (Å²) in [6, 6.07) is 8.17. The van der Waals surface area contributed by atoms with Crippen molar-refractivity contribution < 1.29 is 14.3 Å². The Kier molecular flexibility index (Phi) is 3.92. The maximum absolute atomic E-state index is 11.8. The molecule has 1 heterocycles. The molecular weight excluding hydrogens is 216 g/mol. The SMILES string of the molecule is COC(C)C(=O)CC1OCCc2ccccc21. The minimum Gasteiger partial charge on any atom is -0.374 e. The molecule has 0 amide bonds. The lowest BCUT2D eigenvalue weighted by molar-refractivity contribution is -0.131. The summed E-state index contributed by atoms with van der Waals surface area (Å²) < 4.78 is 10.7. The first-order valence-electron chi connectivity index (χ1n) is 5.97. The predicted octanol–water partition coefficient (Wildman–Crippen LogP) is 2.29. The second-order valence-corrected chi connectivity index (χ2v) is 4.36. The monoisotopic (exact) mass is 234 g/mol. The van der Waals surface area contributed by atoms with Gasteiger partial charge in [0.25, 0.3) is 0 Å². The fourth-order valence-electron chi connectivity index (χ4n) is 2.13. The predicted molar refractivity (Wildman–Crippen MR) is 64.9 cm³/mol. The van der Waals surface area contributed by atoms with Crippen LogP contribution in [0.15, 0.2) is 24.3 Å². The minimum atomic E-state index is -0.354. The van der Waals surface area contributed by atoms with Gasteiger partial charge in [-0.2, -0.15) is 0 Å². The molecule has 0 N–H and O–H groups in total. The Hall–Kier alpha value is -1.19. The Balaban J connectivity index is 2.11. The fourth-order valence-corrected chi connectivity index (χ4v) is 2.13. The molecule has 17 heavy (non-hydrogen) atoms. The molecule has 0 bridgehead atoms. The highest BCUT2D eigenvalue weighted by Crippen LogP contribution is 2.29. The first kappa shape index (κ1) is 12.3. The number of Topliss-reactive ketones (excluding diaryl/α,β-unsaturated/α-hetero) is 1. The van der Waals surface area contributed by atoms with Gasteiger partial charge in [-0.3, -0.25) is 4.79 Å². The second-order valence-electron chi connectivity index (χ2n) is 4.36. The molecule has 1 aliphatic heterocycles. The molecule has 92 valence electrons. The van der Waals surface area contributed by atoms with Crippen LogP contribution in [0.2, 0.25) is 0 Å². The van der Waals surface area contributed by atoms with Crippen LogP contribution >= 0.6 is 0 Å². The molecule has 0 aromatic heterocycles. The van der Waals surface area contributed by atoms with Crippen molar-refractivity contribution in [2.45, 2.75) is 32.0 Å². The maximum Gasteiger partial charge on any atom is 0.164 e. The molecule has 0 aliphatic carbocycles. The standard InChI is InChI=1S/C14H18O3/c1-10(16-2)13(15)9-14-12-6-4-3-5-11(12)7-8-17-14/h3-6,10,14H,7-9H2,1-2H3. The van der Waals surface area contributed by atoms with E-state index in [1.807, 2.05) is 18.2 Å². The van der Waals surface area contributed by atoms with Gasteiger partial charge in [-0.15, -0.1) is 0 Å². The third-order valence-electron chi connectivity index (χ3n) is 3.29. The highest BCUT2D eigenvalue weighted by molar-refractivity contribution is 5.83. The molecule has 3 nitrogen and oxygen atoms in total. The zero-order chi connectivity index (χ0) is 12.3. The maximum atomic E-state index is 11.8. The Morgan fingerprint density at radius 1 is 1.53 bits per heavy atom. The van der Waals surface area contributed by atoms with Crippen LogP contribution in [-0.2, 0) is 20.7 Å². The number of ether oxygens (including phenoxy) is 2. The molecule has 0 saturated carbocycles. The van der Waals surface area contributed by atoms with Crippen LogP contribution in [-0.4, -0.2) is 25.6 Å². The Morgan fingerprint density at radius 2 is 2.29 bits per heavy atom. The number of ketones is 1. The van der Waals surface area contributed by atoms with Crippen LogP contribution in [0.5, 0.6) is 0 Å². The van der Waals surface area contributed by atoms with Crippen molar-refractivity contribution in [2.24, 2.45) is 0 Å². The Bertz CT molecular complexity index is 400. The van der Waals surface area contributed by atoms with Crippen molar-refractivity contribution in [3.05, 3.63) is 35.4 Å². The van der Waals surface area contributed by atoms with Crippen molar-refractivity contribution in [3.8, 4) is 0 Å². The van der Waals surface area contributed by atoms with Crippen LogP contribution in [0.1, 0.15) is 30.6 Å². The first-order chi connectivity index (χ1) is 8.22. The van der Waals surface area contributed by atoms with Crippen LogP contribution in [0.3, 0.4) is 0 Å². The molecule has 2 rings (SSSR count). The van der Waals surface area contributed by atoms with E-state index in [1.54, 1.807) is 14.0 Å². The van der Waals surface area contributed by atoms with E-state index in [-0.39, 0.29) is 18.0 Å². The van der Waals surface area contributed by atoms with E-state index in [4.69, 9.17) is 9.47 Å². The number of fused-ring (bicyclic) bond motifs is 1. The van der Waals surface area contributed by atoms with Gasteiger partial charge in [0, 0.05) is 13.5 Å². The van der Waals surface area contributed by atoms with Crippen LogP contribution in [0.25, 0.3) is 0 Å². The summed E-state index contributed by atoms with van der Waals surface area (Å²) in [6.07, 6.45) is 0.866. The number of hydrogen-bond donors (Lipinski definition) is 0. The first-order valence-corrected chi connectivity index (χ1v) is 5.97. The summed E-state index contributed by atoms with van der Waals surface area (Å²) in [5.41, 5.74) is 2.44. The number of hydrogen-bond acceptors (Lipinski definition) is 3. The smallest absolute Gasteiger partial charge is 0.164 e. The van der Waals surface area contributed by atoms with Gasteiger partial charge in [-0.25, -0.2) is 0 Å². The number of carbonyl (C=O) groups excluding carboxylic acids is 1. The lowest BCUT2D eigenvalue weighted by Gasteiger charge is -2.26. The Labute approximate surface area is 102 Å². The van der Waals surface area contributed by atoms with Gasteiger partial charge in [0.05, 0.1) is 12.7 Å². The van der Waals surface area contributed by atoms with Crippen molar-refractivity contribution >= 4 is 5.78 Å². The van der Waals surface area contributed by atoms with E-state index in [0.29, 0.717) is 13.0 Å². The molecular formula is C14H18O3. The molecule has 0 saturated heterocycles. The average Bonchev–Trinajstić information content (AvgIpc) is 2.38. The lowest BCUT2D eigenvalue weighted by atomic mass is 9.94. The average molecular weight is 234 g/mol. The summed E-state index contributed by atoms with van der Waals surface area (Å²) in [4.78, 5) is 11.8. The second kappa shape index (κ2) is 5.43. The normalized spacial score (nSPS) is 20.7. The summed E-state index contributed by atoms with van der Waals surface area (Å²) in [6.45, 7) is 2.47. The van der Waals surface area contributed by atoms with Gasteiger partial charge in [0.1, 0.15) is 6.10 Å². The van der Waals surface area contributed by atoms with E-state index < -0.39 is 0 Å². The van der Waals surface area contributed by atoms with Crippen molar-refractivity contribution in [2.75, 3.05) is 13.7 Å². The summed E-state index contributed by atoms with van der Waals surface area (Å²) in [5, 5.41) is 0. The van der Waals surface area contributed by atoms with E-state index in [1.165, 1.54) is 5.56 Å². The third kappa shape index (κ3) is 2.73. The van der Waals surface area contributed by atoms with E-state index in [0.717, 1.165) is 12.0 Å². The third-order valence-corrected chi connectivity index (χ3v) is 3.29. The van der Waals surface area contributed by atoms with Gasteiger partial charge in [0.2, 0.25) is 0 Å². The van der Waals surface area contributed by atoms with Crippen molar-refractivity contribution in [1.29, 1.82) is 0 Å². The molecule has 3 heteroatoms. The zero-order valence-electron chi connectivity index (χ0n) is 10.3. The van der Waals surface area contributed by atoms with Crippen LogP contribution < -0.4 is 0 Å². The Morgan fingerprint density at radius 3 is 3.06 bits per heavy atom. The van der Waals surface area contributed by atoms with E-state index >= 15 is 0 Å². The zero-order valence-corrected chi connectivity index (χ0v) is 10.3. The van der Waals surface area contributed by atoms with Gasteiger partial charge in [-0.1, -0.05) is 24.3 Å². The number of carbonyl (C=O) groups is 1. The number of rotatable bonds is 4. The summed E-state index contributed by atoms with van der Waals surface area (Å²) >= 11 is 0. The lowest BCUT2D eigenvalue weighted by Crippen LogP contribution is -2.25. The highest BCUT2D eigenvalue weighted by Gasteiger charge is 2.25. The molecule has 1 aromatic carbocycles. The highest BCUT2D eigenvalue weighted by atomic mass is 16.5. The van der Waals surface area contributed by atoms with Crippen LogP contribution in [0, 0.1) is 0 Å². The van der Waals surface area contributed by atoms with Crippen molar-refractivity contribution in [3.63, 3.8) is 0 Å². The van der Waals surface area contributed by atoms with E-state index in [9.17, 15) is 4.79 Å². The topological polar surface area (TPSA) is 35.5 Å². The summed E-state index contributed by atoms with van der Waals surface area (Å²) in [7, 11) is 1.55. The van der Waals surface area contributed by atoms with Gasteiger partial charge >= 0.3 is 0 Å². The van der Waals surface area contributed by atoms with Crippen molar-refractivity contribution in [1.82, 2.24) is 0 Å². The number of benzene rings is 1. The largest absolute Gasteiger partial charge is 0.374 e. The molecule has 0 fully saturated rings. The molecule has 1 aromatic rings. The molecule has 0 radical (unpaired) electrons. The fraction of sp³-hybridized carbons (Fsp3) is 0.500. The molecule has 0 spiro atoms. The van der Waals surface area contributed by atoms with Gasteiger partial charge in [0.15, 0.2) is 5.78 Å². The number of methoxy groups -OCH3 is 1.